The molecule has 4 N–H and O–H groups in total. The van der Waals surface area contributed by atoms with E-state index >= 15 is 0 Å². The number of carbonyl (C=O) groups is 2. The monoisotopic (exact) mass is 250 g/mol. The van der Waals surface area contributed by atoms with Gasteiger partial charge in [-0.25, -0.2) is 0 Å². The quantitative estimate of drug-likeness (QED) is 0.724. The summed E-state index contributed by atoms with van der Waals surface area (Å²) in [6, 6.07) is 0. The molecule has 2 rings (SSSR count). The van der Waals surface area contributed by atoms with Crippen molar-refractivity contribution in [2.45, 2.75) is 33.6 Å². The van der Waals surface area contributed by atoms with E-state index in [0.717, 1.165) is 0 Å². The zero-order chi connectivity index (χ0) is 13.7. The van der Waals surface area contributed by atoms with E-state index in [4.69, 9.17) is 16.2 Å². The standard InChI is InChI=1S/C13H18N2O3/c1-6-9-7(16)4-13(2,3)5-8(9)18-12(15)10(6)11(14)17/h6H,4-5,15H2,1-3H3,(H2,14,17)/t6-/m1/s1. The van der Waals surface area contributed by atoms with E-state index in [2.05, 4.69) is 0 Å². The fraction of sp³-hybridized carbons (Fsp3) is 0.538. The fourth-order valence-corrected chi connectivity index (χ4v) is 2.73. The van der Waals surface area contributed by atoms with Crippen LogP contribution in [0.4, 0.5) is 0 Å². The lowest BCUT2D eigenvalue weighted by molar-refractivity contribution is -0.119. The highest BCUT2D eigenvalue weighted by Crippen LogP contribution is 2.44. The number of hydrogen-bond donors (Lipinski definition) is 2. The van der Waals surface area contributed by atoms with Crippen LogP contribution in [0.15, 0.2) is 22.8 Å². The van der Waals surface area contributed by atoms with Crippen molar-refractivity contribution in [3.63, 3.8) is 0 Å². The van der Waals surface area contributed by atoms with Crippen LogP contribution in [-0.4, -0.2) is 11.7 Å². The maximum Gasteiger partial charge on any atom is 0.250 e. The molecule has 0 aromatic rings. The van der Waals surface area contributed by atoms with Crippen LogP contribution < -0.4 is 11.5 Å². The predicted molar refractivity (Wildman–Crippen MR) is 65.7 cm³/mol. The molecule has 18 heavy (non-hydrogen) atoms. The van der Waals surface area contributed by atoms with Crippen LogP contribution in [0.3, 0.4) is 0 Å². The van der Waals surface area contributed by atoms with Crippen molar-refractivity contribution in [1.82, 2.24) is 0 Å². The summed E-state index contributed by atoms with van der Waals surface area (Å²) in [5.74, 6) is -0.385. The SMILES string of the molecule is C[C@H]1C(C(N)=O)=C(N)OC2=C1C(=O)CC(C)(C)C2. The first kappa shape index (κ1) is 12.7. The molecule has 0 fully saturated rings. The van der Waals surface area contributed by atoms with E-state index < -0.39 is 5.91 Å². The first-order chi connectivity index (χ1) is 8.23. The lowest BCUT2D eigenvalue weighted by Gasteiger charge is -2.36. The molecule has 0 aromatic carbocycles. The van der Waals surface area contributed by atoms with Crippen LogP contribution in [0.1, 0.15) is 33.6 Å². The highest BCUT2D eigenvalue weighted by molar-refractivity contribution is 6.02. The van der Waals surface area contributed by atoms with Crippen molar-refractivity contribution < 1.29 is 14.3 Å². The summed E-state index contributed by atoms with van der Waals surface area (Å²) in [4.78, 5) is 23.5. The first-order valence-corrected chi connectivity index (χ1v) is 5.96. The van der Waals surface area contributed by atoms with Crippen molar-refractivity contribution >= 4 is 11.7 Å². The molecular formula is C13H18N2O3. The Morgan fingerprint density at radius 3 is 2.56 bits per heavy atom. The molecule has 1 atom stereocenters. The number of amides is 1. The second-order valence-electron chi connectivity index (χ2n) is 5.74. The highest BCUT2D eigenvalue weighted by atomic mass is 16.5. The molecule has 2 aliphatic rings. The molecule has 98 valence electrons. The van der Waals surface area contributed by atoms with E-state index in [9.17, 15) is 9.59 Å². The average molecular weight is 250 g/mol. The summed E-state index contributed by atoms with van der Waals surface area (Å²) in [7, 11) is 0. The molecule has 1 amide bonds. The fourth-order valence-electron chi connectivity index (χ4n) is 2.73. The van der Waals surface area contributed by atoms with Crippen molar-refractivity contribution in [2.75, 3.05) is 0 Å². The number of hydrogen-bond acceptors (Lipinski definition) is 4. The van der Waals surface area contributed by atoms with Gasteiger partial charge in [-0.2, -0.15) is 0 Å². The Balaban J connectivity index is 2.46. The number of ether oxygens (including phenoxy) is 1. The number of allylic oxidation sites excluding steroid dienone is 2. The minimum absolute atomic E-state index is 0.0139. The third-order valence-corrected chi connectivity index (χ3v) is 3.51. The van der Waals surface area contributed by atoms with Gasteiger partial charge >= 0.3 is 0 Å². The molecule has 5 heteroatoms. The summed E-state index contributed by atoms with van der Waals surface area (Å²) in [6.45, 7) is 5.78. The lowest BCUT2D eigenvalue weighted by Crippen LogP contribution is -2.36. The van der Waals surface area contributed by atoms with Crippen molar-refractivity contribution in [1.29, 1.82) is 0 Å². The lowest BCUT2D eigenvalue weighted by atomic mass is 9.72. The van der Waals surface area contributed by atoms with E-state index in [1.54, 1.807) is 6.92 Å². The molecule has 0 bridgehead atoms. The van der Waals surface area contributed by atoms with Gasteiger partial charge in [-0.3, -0.25) is 9.59 Å². The van der Waals surface area contributed by atoms with Crippen LogP contribution in [0.25, 0.3) is 0 Å². The predicted octanol–water partition coefficient (Wildman–Crippen LogP) is 0.951. The third kappa shape index (κ3) is 1.89. The zero-order valence-corrected chi connectivity index (χ0v) is 10.9. The Hall–Kier alpha value is -1.78. The second-order valence-corrected chi connectivity index (χ2v) is 5.74. The summed E-state index contributed by atoms with van der Waals surface area (Å²) in [6.07, 6.45) is 1.09. The molecule has 1 heterocycles. The molecule has 0 radical (unpaired) electrons. The maximum atomic E-state index is 12.2. The van der Waals surface area contributed by atoms with Gasteiger partial charge in [0.15, 0.2) is 11.7 Å². The number of ketones is 1. The topological polar surface area (TPSA) is 95.4 Å². The molecule has 0 spiro atoms. The summed E-state index contributed by atoms with van der Waals surface area (Å²) < 4.78 is 5.46. The van der Waals surface area contributed by atoms with Crippen LogP contribution in [-0.2, 0) is 14.3 Å². The van der Waals surface area contributed by atoms with Crippen molar-refractivity contribution in [2.24, 2.45) is 22.8 Å². The van der Waals surface area contributed by atoms with Gasteiger partial charge < -0.3 is 16.2 Å². The molecule has 5 nitrogen and oxygen atoms in total. The number of Topliss-reactive ketones (excluding diaryl/α,β-unsaturated/α-hetero) is 1. The van der Waals surface area contributed by atoms with E-state index in [-0.39, 0.29) is 28.6 Å². The Morgan fingerprint density at radius 1 is 1.39 bits per heavy atom. The molecule has 0 saturated heterocycles. The van der Waals surface area contributed by atoms with Crippen LogP contribution in [0.2, 0.25) is 0 Å². The first-order valence-electron chi connectivity index (χ1n) is 5.96. The normalized spacial score (nSPS) is 26.8. The molecular weight excluding hydrogens is 232 g/mol. The Labute approximate surface area is 106 Å². The van der Waals surface area contributed by atoms with Crippen molar-refractivity contribution in [3.8, 4) is 0 Å². The smallest absolute Gasteiger partial charge is 0.250 e. The molecule has 1 aliphatic heterocycles. The number of nitrogens with two attached hydrogens (primary N) is 2. The molecule has 0 aromatic heterocycles. The number of primary amides is 1. The third-order valence-electron chi connectivity index (χ3n) is 3.51. The second kappa shape index (κ2) is 3.86. The molecule has 0 saturated carbocycles. The Bertz CT molecular complexity index is 500. The van der Waals surface area contributed by atoms with E-state index in [1.165, 1.54) is 0 Å². The Morgan fingerprint density at radius 2 is 2.00 bits per heavy atom. The molecule has 1 aliphatic carbocycles. The van der Waals surface area contributed by atoms with Crippen LogP contribution >= 0.6 is 0 Å². The average Bonchev–Trinajstić information content (AvgIpc) is 2.11. The highest BCUT2D eigenvalue weighted by Gasteiger charge is 2.41. The number of carbonyl (C=O) groups excluding carboxylic acids is 2. The minimum atomic E-state index is -0.635. The van der Waals surface area contributed by atoms with Crippen LogP contribution in [0.5, 0.6) is 0 Å². The van der Waals surface area contributed by atoms with Crippen molar-refractivity contribution in [3.05, 3.63) is 22.8 Å². The van der Waals surface area contributed by atoms with Gasteiger partial charge in [0.1, 0.15) is 5.76 Å². The van der Waals surface area contributed by atoms with Gasteiger partial charge in [0.2, 0.25) is 0 Å². The van der Waals surface area contributed by atoms with Gasteiger partial charge in [0, 0.05) is 24.3 Å². The largest absolute Gasteiger partial charge is 0.445 e. The zero-order valence-electron chi connectivity index (χ0n) is 10.9. The van der Waals surface area contributed by atoms with Gasteiger partial charge in [0.05, 0.1) is 5.57 Å². The van der Waals surface area contributed by atoms with Gasteiger partial charge in [-0.05, 0) is 5.41 Å². The van der Waals surface area contributed by atoms with Crippen LogP contribution in [0, 0.1) is 11.3 Å². The molecule has 0 unspecified atom stereocenters. The van der Waals surface area contributed by atoms with Gasteiger partial charge in [0.25, 0.3) is 5.91 Å². The van der Waals surface area contributed by atoms with Gasteiger partial charge in [-0.1, -0.05) is 20.8 Å². The van der Waals surface area contributed by atoms with Gasteiger partial charge in [-0.15, -0.1) is 0 Å². The summed E-state index contributed by atoms with van der Waals surface area (Å²) in [5.41, 5.74) is 11.6. The van der Waals surface area contributed by atoms with E-state index in [1.807, 2.05) is 13.8 Å². The maximum absolute atomic E-state index is 12.2. The number of rotatable bonds is 1. The summed E-state index contributed by atoms with van der Waals surface area (Å²) >= 11 is 0. The minimum Gasteiger partial charge on any atom is -0.445 e. The summed E-state index contributed by atoms with van der Waals surface area (Å²) in [5, 5.41) is 0. The Kier molecular flexibility index (Phi) is 2.72. The van der Waals surface area contributed by atoms with E-state index in [0.29, 0.717) is 24.2 Å².